The quantitative estimate of drug-likeness (QED) is 0.698. The van der Waals surface area contributed by atoms with Gasteiger partial charge in [0, 0.05) is 36.2 Å². The summed E-state index contributed by atoms with van der Waals surface area (Å²) in [4.78, 5) is 14.4. The number of halogens is 1. The van der Waals surface area contributed by atoms with Crippen LogP contribution in [0.3, 0.4) is 0 Å². The second-order valence-corrected chi connectivity index (χ2v) is 9.67. The van der Waals surface area contributed by atoms with Crippen LogP contribution < -0.4 is 4.90 Å². The number of para-hydroxylation sites is 1. The highest BCUT2D eigenvalue weighted by Crippen LogP contribution is 2.25. The van der Waals surface area contributed by atoms with Crippen LogP contribution >= 0.6 is 15.9 Å². The number of carbonyl (C=O) groups excluding carboxylic acids is 1. The normalized spacial score (nSPS) is 16.2. The Morgan fingerprint density at radius 2 is 1.67 bits per heavy atom. The monoisotopic (exact) mass is 450 g/mol. The van der Waals surface area contributed by atoms with E-state index in [1.54, 1.807) is 11.9 Å². The Hall–Kier alpha value is -1.70. The number of hydrogen-bond donors (Lipinski definition) is 0. The van der Waals surface area contributed by atoms with Crippen LogP contribution in [0.2, 0.25) is 0 Å². The topological polar surface area (TPSA) is 57.7 Å². The molecule has 5 nitrogen and oxygen atoms in total. The molecule has 27 heavy (non-hydrogen) atoms. The fourth-order valence-corrected chi connectivity index (χ4v) is 5.14. The van der Waals surface area contributed by atoms with Gasteiger partial charge in [-0.1, -0.05) is 46.3 Å². The van der Waals surface area contributed by atoms with E-state index >= 15 is 0 Å². The molecule has 2 aromatic carbocycles. The average Bonchev–Trinajstić information content (AvgIpc) is 2.69. The maximum absolute atomic E-state index is 12.7. The van der Waals surface area contributed by atoms with E-state index in [2.05, 4.69) is 15.9 Å². The summed E-state index contributed by atoms with van der Waals surface area (Å²) in [6.07, 6.45) is 1.10. The van der Waals surface area contributed by atoms with Crippen molar-refractivity contribution in [3.8, 4) is 0 Å². The minimum atomic E-state index is -3.38. The zero-order valence-electron chi connectivity index (χ0n) is 15.2. The average molecular weight is 451 g/mol. The lowest BCUT2D eigenvalue weighted by molar-refractivity contribution is -0.123. The molecule has 0 atom stereocenters. The number of sulfonamides is 1. The Bertz CT molecular complexity index is 877. The molecule has 1 amide bonds. The van der Waals surface area contributed by atoms with E-state index in [9.17, 15) is 13.2 Å². The van der Waals surface area contributed by atoms with Gasteiger partial charge in [-0.05, 0) is 42.7 Å². The predicted octanol–water partition coefficient (Wildman–Crippen LogP) is 3.65. The third-order valence-electron chi connectivity index (χ3n) is 4.93. The molecule has 2 aromatic rings. The first-order valence-corrected chi connectivity index (χ1v) is 11.3. The molecule has 1 aliphatic heterocycles. The Kier molecular flexibility index (Phi) is 6.34. The summed E-state index contributed by atoms with van der Waals surface area (Å²) in [6, 6.07) is 16.8. The fraction of sp³-hybridized carbons (Fsp3) is 0.350. The highest BCUT2D eigenvalue weighted by atomic mass is 79.9. The highest BCUT2D eigenvalue weighted by Gasteiger charge is 2.32. The summed E-state index contributed by atoms with van der Waals surface area (Å²) >= 11 is 3.35. The zero-order valence-corrected chi connectivity index (χ0v) is 17.6. The number of piperidine rings is 1. The lowest BCUT2D eigenvalue weighted by Crippen LogP contribution is -2.43. The van der Waals surface area contributed by atoms with Crippen molar-refractivity contribution in [3.63, 3.8) is 0 Å². The minimum Gasteiger partial charge on any atom is -0.315 e. The van der Waals surface area contributed by atoms with Gasteiger partial charge in [0.15, 0.2) is 0 Å². The zero-order chi connectivity index (χ0) is 19.4. The number of amides is 1. The maximum Gasteiger partial charge on any atom is 0.229 e. The van der Waals surface area contributed by atoms with Crippen LogP contribution in [-0.4, -0.2) is 38.8 Å². The highest BCUT2D eigenvalue weighted by molar-refractivity contribution is 9.10. The first-order chi connectivity index (χ1) is 12.9. The van der Waals surface area contributed by atoms with E-state index in [1.807, 2.05) is 54.6 Å². The SMILES string of the molecule is CN(C(=O)C1CCN(S(=O)(=O)Cc2ccc(Br)cc2)CC1)c1ccccc1. The third-order valence-corrected chi connectivity index (χ3v) is 7.31. The van der Waals surface area contributed by atoms with E-state index in [1.165, 1.54) is 4.31 Å². The van der Waals surface area contributed by atoms with Crippen LogP contribution in [0.4, 0.5) is 5.69 Å². The standard InChI is InChI=1S/C20H23BrN2O3S/c1-22(19-5-3-2-4-6-19)20(24)17-11-13-23(14-12-17)27(25,26)15-16-7-9-18(21)10-8-16/h2-10,17H,11-15H2,1H3. The smallest absolute Gasteiger partial charge is 0.229 e. The van der Waals surface area contributed by atoms with E-state index in [-0.39, 0.29) is 17.6 Å². The van der Waals surface area contributed by atoms with Crippen molar-refractivity contribution in [1.82, 2.24) is 4.31 Å². The van der Waals surface area contributed by atoms with Crippen LogP contribution in [0.15, 0.2) is 59.1 Å². The summed E-state index contributed by atoms with van der Waals surface area (Å²) < 4.78 is 27.8. The van der Waals surface area contributed by atoms with Crippen LogP contribution in [0, 0.1) is 5.92 Å². The number of anilines is 1. The molecule has 0 saturated carbocycles. The lowest BCUT2D eigenvalue weighted by Gasteiger charge is -2.32. The van der Waals surface area contributed by atoms with Crippen LogP contribution in [-0.2, 0) is 20.6 Å². The van der Waals surface area contributed by atoms with E-state index < -0.39 is 10.0 Å². The van der Waals surface area contributed by atoms with Gasteiger partial charge in [-0.3, -0.25) is 4.79 Å². The van der Waals surface area contributed by atoms with Crippen molar-refractivity contribution in [2.24, 2.45) is 5.92 Å². The molecule has 1 fully saturated rings. The molecule has 1 saturated heterocycles. The molecular formula is C20H23BrN2O3S. The van der Waals surface area contributed by atoms with Crippen molar-refractivity contribution in [2.45, 2.75) is 18.6 Å². The van der Waals surface area contributed by atoms with Gasteiger partial charge in [-0.15, -0.1) is 0 Å². The van der Waals surface area contributed by atoms with Gasteiger partial charge < -0.3 is 4.90 Å². The Labute approximate surface area is 169 Å². The van der Waals surface area contributed by atoms with Crippen LogP contribution in [0.5, 0.6) is 0 Å². The molecule has 0 aromatic heterocycles. The summed E-state index contributed by atoms with van der Waals surface area (Å²) in [5.74, 6) is -0.108. The second kappa shape index (κ2) is 8.54. The molecule has 3 rings (SSSR count). The van der Waals surface area contributed by atoms with E-state index in [0.29, 0.717) is 25.9 Å². The summed E-state index contributed by atoms with van der Waals surface area (Å²) in [6.45, 7) is 0.774. The molecule has 1 heterocycles. The third kappa shape index (κ3) is 4.97. The van der Waals surface area contributed by atoms with Gasteiger partial charge in [0.2, 0.25) is 15.9 Å². The Morgan fingerprint density at radius 1 is 1.07 bits per heavy atom. The number of hydrogen-bond acceptors (Lipinski definition) is 3. The van der Waals surface area contributed by atoms with Gasteiger partial charge in [0.05, 0.1) is 5.75 Å². The van der Waals surface area contributed by atoms with E-state index in [0.717, 1.165) is 15.7 Å². The van der Waals surface area contributed by atoms with Crippen molar-refractivity contribution < 1.29 is 13.2 Å². The van der Waals surface area contributed by atoms with Gasteiger partial charge in [0.1, 0.15) is 0 Å². The second-order valence-electron chi connectivity index (χ2n) is 6.79. The predicted molar refractivity (Wildman–Crippen MR) is 111 cm³/mol. The van der Waals surface area contributed by atoms with Gasteiger partial charge in [0.25, 0.3) is 0 Å². The van der Waals surface area contributed by atoms with Crippen LogP contribution in [0.25, 0.3) is 0 Å². The Balaban J connectivity index is 1.59. The molecule has 0 unspecified atom stereocenters. The van der Waals surface area contributed by atoms with Crippen LogP contribution in [0.1, 0.15) is 18.4 Å². The Morgan fingerprint density at radius 3 is 2.26 bits per heavy atom. The molecule has 7 heteroatoms. The molecule has 1 aliphatic rings. The summed E-state index contributed by atoms with van der Waals surface area (Å²) in [7, 11) is -1.61. The number of carbonyl (C=O) groups is 1. The van der Waals surface area contributed by atoms with Crippen molar-refractivity contribution in [2.75, 3.05) is 25.0 Å². The van der Waals surface area contributed by atoms with Crippen molar-refractivity contribution in [3.05, 3.63) is 64.6 Å². The summed E-state index contributed by atoms with van der Waals surface area (Å²) in [5.41, 5.74) is 1.62. The number of nitrogens with zero attached hydrogens (tertiary/aromatic N) is 2. The van der Waals surface area contributed by atoms with Crippen molar-refractivity contribution >= 4 is 37.5 Å². The number of benzene rings is 2. The molecule has 144 valence electrons. The summed E-state index contributed by atoms with van der Waals surface area (Å²) in [5, 5.41) is 0. The van der Waals surface area contributed by atoms with Gasteiger partial charge >= 0.3 is 0 Å². The van der Waals surface area contributed by atoms with Gasteiger partial charge in [-0.2, -0.15) is 0 Å². The van der Waals surface area contributed by atoms with E-state index in [4.69, 9.17) is 0 Å². The molecule has 0 N–H and O–H groups in total. The van der Waals surface area contributed by atoms with Crippen molar-refractivity contribution in [1.29, 1.82) is 0 Å². The molecule has 0 spiro atoms. The van der Waals surface area contributed by atoms with Gasteiger partial charge in [-0.25, -0.2) is 12.7 Å². The molecule has 0 aliphatic carbocycles. The first-order valence-electron chi connectivity index (χ1n) is 8.92. The molecule has 0 radical (unpaired) electrons. The largest absolute Gasteiger partial charge is 0.315 e. The first kappa shape index (κ1) is 20.0. The lowest BCUT2D eigenvalue weighted by atomic mass is 9.96. The molecule has 0 bridgehead atoms. The fourth-order valence-electron chi connectivity index (χ4n) is 3.32. The minimum absolute atomic E-state index is 0.0111. The maximum atomic E-state index is 12.7. The molecular weight excluding hydrogens is 428 g/mol. The number of rotatable bonds is 5.